The lowest BCUT2D eigenvalue weighted by Gasteiger charge is -2.06. The van der Waals surface area contributed by atoms with Gasteiger partial charge in [-0.05, 0) is 24.6 Å². The van der Waals surface area contributed by atoms with E-state index >= 15 is 0 Å². The van der Waals surface area contributed by atoms with E-state index in [0.29, 0.717) is 16.3 Å². The molecule has 0 aliphatic rings. The van der Waals surface area contributed by atoms with Crippen LogP contribution < -0.4 is 5.73 Å². The van der Waals surface area contributed by atoms with Crippen LogP contribution in [-0.4, -0.2) is 19.5 Å². The molecule has 0 saturated carbocycles. The molecule has 0 bridgehead atoms. The van der Waals surface area contributed by atoms with Crippen molar-refractivity contribution in [3.05, 3.63) is 41.4 Å². The number of halogens is 1. The quantitative estimate of drug-likeness (QED) is 0.858. The molecular formula is C12H14BrN3OS. The minimum absolute atomic E-state index is 0.574. The standard InChI is InChI=1S/C12H14BrN3OS/c13-10-2-3-12(11(14)8-10)18(17)7-1-5-16-6-4-15-9-16/h2-4,6,8-9H,1,5,7,14H2. The Morgan fingerprint density at radius 3 is 2.94 bits per heavy atom. The molecule has 1 unspecified atom stereocenters. The lowest BCUT2D eigenvalue weighted by molar-refractivity contribution is 0.658. The minimum Gasteiger partial charge on any atom is -0.398 e. The first-order chi connectivity index (χ1) is 8.66. The molecule has 1 heterocycles. The molecule has 1 aromatic carbocycles. The Morgan fingerprint density at radius 1 is 1.44 bits per heavy atom. The average Bonchev–Trinajstić information content (AvgIpc) is 2.81. The SMILES string of the molecule is Nc1cc(Br)ccc1S(=O)CCCn1ccnc1. The lowest BCUT2D eigenvalue weighted by atomic mass is 10.3. The van der Waals surface area contributed by atoms with Crippen LogP contribution >= 0.6 is 15.9 Å². The maximum atomic E-state index is 12.1. The van der Waals surface area contributed by atoms with Gasteiger partial charge in [-0.3, -0.25) is 4.21 Å². The van der Waals surface area contributed by atoms with Gasteiger partial charge in [0.2, 0.25) is 0 Å². The predicted molar refractivity (Wildman–Crippen MR) is 76.7 cm³/mol. The highest BCUT2D eigenvalue weighted by atomic mass is 79.9. The van der Waals surface area contributed by atoms with Crippen molar-refractivity contribution in [2.75, 3.05) is 11.5 Å². The van der Waals surface area contributed by atoms with Crippen LogP contribution in [0.2, 0.25) is 0 Å². The van der Waals surface area contributed by atoms with Crippen molar-refractivity contribution in [1.29, 1.82) is 0 Å². The number of nitrogens with zero attached hydrogens (tertiary/aromatic N) is 2. The number of hydrogen-bond acceptors (Lipinski definition) is 3. The smallest absolute Gasteiger partial charge is 0.0945 e. The fraction of sp³-hybridized carbons (Fsp3) is 0.250. The third-order valence-corrected chi connectivity index (χ3v) is 4.54. The van der Waals surface area contributed by atoms with Gasteiger partial charge in [0, 0.05) is 34.9 Å². The van der Waals surface area contributed by atoms with Crippen molar-refractivity contribution < 1.29 is 4.21 Å². The zero-order valence-corrected chi connectivity index (χ0v) is 12.2. The van der Waals surface area contributed by atoms with Gasteiger partial charge in [0.15, 0.2) is 0 Å². The van der Waals surface area contributed by atoms with E-state index in [9.17, 15) is 4.21 Å². The predicted octanol–water partition coefficient (Wildman–Crippen LogP) is 2.43. The van der Waals surface area contributed by atoms with Crippen LogP contribution in [0, 0.1) is 0 Å². The molecule has 1 aromatic heterocycles. The van der Waals surface area contributed by atoms with Gasteiger partial charge in [-0.15, -0.1) is 0 Å². The maximum Gasteiger partial charge on any atom is 0.0945 e. The molecule has 2 N–H and O–H groups in total. The van der Waals surface area contributed by atoms with Crippen molar-refractivity contribution in [2.45, 2.75) is 17.9 Å². The Balaban J connectivity index is 1.91. The Morgan fingerprint density at radius 2 is 2.28 bits per heavy atom. The first-order valence-corrected chi connectivity index (χ1v) is 7.67. The van der Waals surface area contributed by atoms with Crippen molar-refractivity contribution >= 4 is 32.4 Å². The molecule has 18 heavy (non-hydrogen) atoms. The van der Waals surface area contributed by atoms with Crippen molar-refractivity contribution in [3.8, 4) is 0 Å². The summed E-state index contributed by atoms with van der Waals surface area (Å²) < 4.78 is 15.0. The summed E-state index contributed by atoms with van der Waals surface area (Å²) in [6, 6.07) is 5.45. The number of nitrogens with two attached hydrogens (primary N) is 1. The fourth-order valence-electron chi connectivity index (χ4n) is 1.63. The second-order valence-electron chi connectivity index (χ2n) is 3.89. The number of rotatable bonds is 5. The third-order valence-electron chi connectivity index (χ3n) is 2.52. The molecule has 0 saturated heterocycles. The summed E-state index contributed by atoms with van der Waals surface area (Å²) in [5.41, 5.74) is 6.42. The van der Waals surface area contributed by atoms with E-state index in [4.69, 9.17) is 5.73 Å². The zero-order chi connectivity index (χ0) is 13.0. The highest BCUT2D eigenvalue weighted by molar-refractivity contribution is 9.10. The molecule has 2 rings (SSSR count). The van der Waals surface area contributed by atoms with Crippen LogP contribution in [0.3, 0.4) is 0 Å². The number of aromatic nitrogens is 2. The van der Waals surface area contributed by atoms with Crippen LogP contribution in [0.1, 0.15) is 6.42 Å². The molecule has 0 aliphatic carbocycles. The van der Waals surface area contributed by atoms with E-state index in [2.05, 4.69) is 20.9 Å². The van der Waals surface area contributed by atoms with Gasteiger partial charge in [-0.25, -0.2) is 4.98 Å². The van der Waals surface area contributed by atoms with Gasteiger partial charge in [-0.2, -0.15) is 0 Å². The summed E-state index contributed by atoms with van der Waals surface area (Å²) in [6.07, 6.45) is 6.23. The molecule has 2 aromatic rings. The molecule has 4 nitrogen and oxygen atoms in total. The second-order valence-corrected chi connectivity index (χ2v) is 6.34. The van der Waals surface area contributed by atoms with E-state index < -0.39 is 10.8 Å². The second kappa shape index (κ2) is 6.15. The largest absolute Gasteiger partial charge is 0.398 e. The van der Waals surface area contributed by atoms with Crippen molar-refractivity contribution in [3.63, 3.8) is 0 Å². The van der Waals surface area contributed by atoms with Crippen LogP contribution in [0.5, 0.6) is 0 Å². The fourth-order valence-corrected chi connectivity index (χ4v) is 3.17. The molecule has 0 aliphatic heterocycles. The Bertz CT molecular complexity index is 542. The van der Waals surface area contributed by atoms with E-state index in [1.165, 1.54) is 0 Å². The summed E-state index contributed by atoms with van der Waals surface area (Å²) in [5.74, 6) is 0.601. The van der Waals surface area contributed by atoms with E-state index in [-0.39, 0.29) is 0 Å². The highest BCUT2D eigenvalue weighted by Crippen LogP contribution is 2.21. The Hall–Kier alpha value is -1.14. The zero-order valence-electron chi connectivity index (χ0n) is 9.75. The average molecular weight is 328 g/mol. The van der Waals surface area contributed by atoms with E-state index in [1.807, 2.05) is 22.9 Å². The topological polar surface area (TPSA) is 60.9 Å². The van der Waals surface area contributed by atoms with Gasteiger partial charge >= 0.3 is 0 Å². The van der Waals surface area contributed by atoms with Gasteiger partial charge < -0.3 is 10.3 Å². The van der Waals surface area contributed by atoms with Gasteiger partial charge in [0.1, 0.15) is 0 Å². The summed E-state index contributed by atoms with van der Waals surface area (Å²) >= 11 is 3.33. The molecule has 1 atom stereocenters. The first-order valence-electron chi connectivity index (χ1n) is 5.56. The van der Waals surface area contributed by atoms with E-state index in [1.54, 1.807) is 18.6 Å². The molecule has 0 radical (unpaired) electrons. The number of benzene rings is 1. The van der Waals surface area contributed by atoms with Crippen molar-refractivity contribution in [2.24, 2.45) is 0 Å². The monoisotopic (exact) mass is 327 g/mol. The molecule has 0 fully saturated rings. The van der Waals surface area contributed by atoms with Crippen molar-refractivity contribution in [1.82, 2.24) is 9.55 Å². The normalized spacial score (nSPS) is 12.5. The highest BCUT2D eigenvalue weighted by Gasteiger charge is 2.08. The van der Waals surface area contributed by atoms with Gasteiger partial charge in [0.25, 0.3) is 0 Å². The molecule has 96 valence electrons. The third kappa shape index (κ3) is 3.43. The van der Waals surface area contributed by atoms with Crippen LogP contribution in [-0.2, 0) is 17.3 Å². The lowest BCUT2D eigenvalue weighted by Crippen LogP contribution is -2.05. The summed E-state index contributed by atoms with van der Waals surface area (Å²) in [7, 11) is -1.04. The van der Waals surface area contributed by atoms with Crippen LogP contribution in [0.4, 0.5) is 5.69 Å². The van der Waals surface area contributed by atoms with Gasteiger partial charge in [0.05, 0.1) is 22.0 Å². The number of anilines is 1. The minimum atomic E-state index is -1.04. The van der Waals surface area contributed by atoms with Crippen LogP contribution in [0.15, 0.2) is 46.3 Å². The molecule has 6 heteroatoms. The number of hydrogen-bond donors (Lipinski definition) is 1. The summed E-state index contributed by atoms with van der Waals surface area (Å²) in [4.78, 5) is 4.68. The molecular weight excluding hydrogens is 314 g/mol. The summed E-state index contributed by atoms with van der Waals surface area (Å²) in [5, 5.41) is 0. The number of nitrogen functional groups attached to an aromatic ring is 1. The molecule has 0 amide bonds. The van der Waals surface area contributed by atoms with Gasteiger partial charge in [-0.1, -0.05) is 15.9 Å². The number of imidazole rings is 1. The summed E-state index contributed by atoms with van der Waals surface area (Å²) in [6.45, 7) is 0.822. The van der Waals surface area contributed by atoms with Crippen LogP contribution in [0.25, 0.3) is 0 Å². The first kappa shape index (κ1) is 13.3. The Kier molecular flexibility index (Phi) is 4.54. The molecule has 0 spiro atoms. The Labute approximate surface area is 117 Å². The van der Waals surface area contributed by atoms with E-state index in [0.717, 1.165) is 17.4 Å². The maximum absolute atomic E-state index is 12.1. The number of aryl methyl sites for hydroxylation is 1.